The van der Waals surface area contributed by atoms with E-state index in [1.54, 1.807) is 0 Å². The molecule has 1 heterocycles. The van der Waals surface area contributed by atoms with Gasteiger partial charge in [-0.25, -0.2) is 0 Å². The Bertz CT molecular complexity index is 397. The molecule has 2 rings (SSSR count). The minimum absolute atomic E-state index is 0.326. The topological polar surface area (TPSA) is 38.5 Å². The molecule has 0 aliphatic carbocycles. The molecule has 0 amide bonds. The van der Waals surface area contributed by atoms with Crippen LogP contribution in [0.2, 0.25) is 5.02 Å². The van der Waals surface area contributed by atoms with E-state index in [0.717, 1.165) is 49.7 Å². The molecule has 1 aliphatic heterocycles. The molecule has 1 unspecified atom stereocenters. The second-order valence-electron chi connectivity index (χ2n) is 4.79. The molecule has 0 spiro atoms. The minimum atomic E-state index is 0.326. The van der Waals surface area contributed by atoms with Gasteiger partial charge in [0.1, 0.15) is 0 Å². The molecule has 1 saturated heterocycles. The maximum Gasteiger partial charge on any atom is 0.0750 e. The van der Waals surface area contributed by atoms with E-state index in [4.69, 9.17) is 22.1 Å². The van der Waals surface area contributed by atoms with Crippen LogP contribution >= 0.6 is 11.6 Å². The fourth-order valence-corrected chi connectivity index (χ4v) is 2.67. The molecule has 0 aromatic heterocycles. The highest BCUT2D eigenvalue weighted by Crippen LogP contribution is 2.30. The first-order chi connectivity index (χ1) is 8.70. The van der Waals surface area contributed by atoms with Crippen LogP contribution in [0.1, 0.15) is 26.2 Å². The van der Waals surface area contributed by atoms with E-state index in [1.165, 1.54) is 0 Å². The van der Waals surface area contributed by atoms with Crippen molar-refractivity contribution in [2.75, 3.05) is 30.3 Å². The van der Waals surface area contributed by atoms with Crippen molar-refractivity contribution < 1.29 is 4.74 Å². The molecule has 1 aromatic carbocycles. The van der Waals surface area contributed by atoms with Crippen molar-refractivity contribution in [1.82, 2.24) is 0 Å². The van der Waals surface area contributed by atoms with E-state index in [-0.39, 0.29) is 0 Å². The van der Waals surface area contributed by atoms with E-state index in [2.05, 4.69) is 11.8 Å². The quantitative estimate of drug-likeness (QED) is 0.852. The third-order valence-electron chi connectivity index (χ3n) is 3.25. The highest BCUT2D eigenvalue weighted by molar-refractivity contribution is 6.33. The Balaban J connectivity index is 2.03. The predicted octanol–water partition coefficient (Wildman–Crippen LogP) is 3.32. The molecule has 1 aliphatic rings. The van der Waals surface area contributed by atoms with Crippen LogP contribution in [0.4, 0.5) is 11.4 Å². The van der Waals surface area contributed by atoms with Crippen LogP contribution in [0.5, 0.6) is 0 Å². The first kappa shape index (κ1) is 13.5. The Kier molecular flexibility index (Phi) is 4.72. The minimum Gasteiger partial charge on any atom is -0.399 e. The molecule has 0 bridgehead atoms. The summed E-state index contributed by atoms with van der Waals surface area (Å²) in [5, 5.41) is 0.728. The zero-order chi connectivity index (χ0) is 13.0. The maximum atomic E-state index is 6.25. The van der Waals surface area contributed by atoms with Crippen LogP contribution in [0, 0.1) is 0 Å². The highest BCUT2D eigenvalue weighted by atomic mass is 35.5. The number of anilines is 2. The molecule has 2 N–H and O–H groups in total. The van der Waals surface area contributed by atoms with Gasteiger partial charge in [0.15, 0.2) is 0 Å². The summed E-state index contributed by atoms with van der Waals surface area (Å²) in [4.78, 5) is 2.30. The summed E-state index contributed by atoms with van der Waals surface area (Å²) in [6.45, 7) is 4.94. The van der Waals surface area contributed by atoms with Gasteiger partial charge in [0.25, 0.3) is 0 Å². The van der Waals surface area contributed by atoms with Gasteiger partial charge in [-0.05, 0) is 37.5 Å². The number of nitrogens with two attached hydrogens (primary N) is 1. The molecule has 0 radical (unpaired) electrons. The molecule has 0 saturated carbocycles. The van der Waals surface area contributed by atoms with E-state index in [9.17, 15) is 0 Å². The SMILES string of the molecule is CCCOC1CCCN(c2ccc(N)cc2Cl)C1. The fourth-order valence-electron chi connectivity index (χ4n) is 2.36. The van der Waals surface area contributed by atoms with Crippen LogP contribution in [0.25, 0.3) is 0 Å². The molecule has 1 atom stereocenters. The largest absolute Gasteiger partial charge is 0.399 e. The van der Waals surface area contributed by atoms with Crippen LogP contribution in [-0.2, 0) is 4.74 Å². The molecular weight excluding hydrogens is 248 g/mol. The number of hydrogen-bond donors (Lipinski definition) is 1. The zero-order valence-corrected chi connectivity index (χ0v) is 11.6. The van der Waals surface area contributed by atoms with Crippen molar-refractivity contribution in [3.63, 3.8) is 0 Å². The molecule has 1 aromatic rings. The van der Waals surface area contributed by atoms with Crippen molar-refractivity contribution in [2.45, 2.75) is 32.3 Å². The van der Waals surface area contributed by atoms with Gasteiger partial charge < -0.3 is 15.4 Å². The second kappa shape index (κ2) is 6.30. The summed E-state index contributed by atoms with van der Waals surface area (Å²) in [7, 11) is 0. The van der Waals surface area contributed by atoms with Crippen LogP contribution < -0.4 is 10.6 Å². The Labute approximate surface area is 114 Å². The standard InChI is InChI=1S/C14H21ClN2O/c1-2-8-18-12-4-3-7-17(10-12)14-6-5-11(16)9-13(14)15/h5-6,9,12H,2-4,7-8,10,16H2,1H3. The molecule has 3 nitrogen and oxygen atoms in total. The predicted molar refractivity (Wildman–Crippen MR) is 77.3 cm³/mol. The Morgan fingerprint density at radius 1 is 1.50 bits per heavy atom. The van der Waals surface area contributed by atoms with Crippen LogP contribution in [-0.4, -0.2) is 25.8 Å². The van der Waals surface area contributed by atoms with Gasteiger partial charge >= 0.3 is 0 Å². The lowest BCUT2D eigenvalue weighted by atomic mass is 10.1. The van der Waals surface area contributed by atoms with E-state index < -0.39 is 0 Å². The summed E-state index contributed by atoms with van der Waals surface area (Å²) >= 11 is 6.25. The van der Waals surface area contributed by atoms with Gasteiger partial charge in [0.2, 0.25) is 0 Å². The number of hydrogen-bond acceptors (Lipinski definition) is 3. The van der Waals surface area contributed by atoms with E-state index in [0.29, 0.717) is 11.8 Å². The van der Waals surface area contributed by atoms with Gasteiger partial charge in [-0.2, -0.15) is 0 Å². The average Bonchev–Trinajstić information content (AvgIpc) is 2.36. The molecule has 18 heavy (non-hydrogen) atoms. The lowest BCUT2D eigenvalue weighted by Crippen LogP contribution is -2.40. The number of nitrogen functional groups attached to an aromatic ring is 1. The number of halogens is 1. The van der Waals surface area contributed by atoms with Gasteiger partial charge in [0, 0.05) is 25.4 Å². The number of piperidine rings is 1. The summed E-state index contributed by atoms with van der Waals surface area (Å²) in [6.07, 6.45) is 3.68. The van der Waals surface area contributed by atoms with E-state index >= 15 is 0 Å². The summed E-state index contributed by atoms with van der Waals surface area (Å²) < 4.78 is 5.84. The van der Waals surface area contributed by atoms with Gasteiger partial charge in [-0.3, -0.25) is 0 Å². The number of nitrogens with zero attached hydrogens (tertiary/aromatic N) is 1. The van der Waals surface area contributed by atoms with Crippen LogP contribution in [0.3, 0.4) is 0 Å². The van der Waals surface area contributed by atoms with Gasteiger partial charge in [-0.15, -0.1) is 0 Å². The highest BCUT2D eigenvalue weighted by Gasteiger charge is 2.21. The lowest BCUT2D eigenvalue weighted by Gasteiger charge is -2.34. The smallest absolute Gasteiger partial charge is 0.0750 e. The maximum absolute atomic E-state index is 6.25. The number of rotatable bonds is 4. The molecule has 100 valence electrons. The fraction of sp³-hybridized carbons (Fsp3) is 0.571. The van der Waals surface area contributed by atoms with Crippen molar-refractivity contribution >= 4 is 23.0 Å². The van der Waals surface area contributed by atoms with Crippen molar-refractivity contribution in [1.29, 1.82) is 0 Å². The monoisotopic (exact) mass is 268 g/mol. The van der Waals surface area contributed by atoms with Crippen molar-refractivity contribution in [3.05, 3.63) is 23.2 Å². The third-order valence-corrected chi connectivity index (χ3v) is 3.55. The second-order valence-corrected chi connectivity index (χ2v) is 5.20. The number of benzene rings is 1. The number of ether oxygens (including phenoxy) is 1. The van der Waals surface area contributed by atoms with Crippen molar-refractivity contribution in [2.24, 2.45) is 0 Å². The average molecular weight is 269 g/mol. The summed E-state index contributed by atoms with van der Waals surface area (Å²) in [5.74, 6) is 0. The normalized spacial score (nSPS) is 20.1. The first-order valence-electron chi connectivity index (χ1n) is 6.62. The Hall–Kier alpha value is -0.930. The molecule has 4 heteroatoms. The van der Waals surface area contributed by atoms with Gasteiger partial charge in [-0.1, -0.05) is 18.5 Å². The molecular formula is C14H21ClN2O. The third kappa shape index (κ3) is 3.30. The zero-order valence-electron chi connectivity index (χ0n) is 10.9. The van der Waals surface area contributed by atoms with E-state index in [1.807, 2.05) is 18.2 Å². The lowest BCUT2D eigenvalue weighted by molar-refractivity contribution is 0.0440. The van der Waals surface area contributed by atoms with Crippen LogP contribution in [0.15, 0.2) is 18.2 Å². The van der Waals surface area contributed by atoms with Gasteiger partial charge in [0.05, 0.1) is 16.8 Å². The summed E-state index contributed by atoms with van der Waals surface area (Å²) in [5.41, 5.74) is 7.50. The molecule has 1 fully saturated rings. The Morgan fingerprint density at radius 3 is 3.06 bits per heavy atom. The summed E-state index contributed by atoms with van der Waals surface area (Å²) in [6, 6.07) is 5.71. The van der Waals surface area contributed by atoms with Crippen molar-refractivity contribution in [3.8, 4) is 0 Å². The first-order valence-corrected chi connectivity index (χ1v) is 7.00. The Morgan fingerprint density at radius 2 is 2.33 bits per heavy atom.